The summed E-state index contributed by atoms with van der Waals surface area (Å²) in [4.78, 5) is 5.51. The molecule has 0 fully saturated rings. The second kappa shape index (κ2) is 29.3. The molecule has 22 aromatic rings. The van der Waals surface area contributed by atoms with Gasteiger partial charge < -0.3 is 14.4 Å². The van der Waals surface area contributed by atoms with E-state index in [-0.39, 0.29) is 0 Å². The number of hydrogen-bond acceptors (Lipinski definition) is 2. The van der Waals surface area contributed by atoms with Gasteiger partial charge in [-0.3, -0.25) is 0 Å². The quantitative estimate of drug-likeness (QED) is 0.107. The molecule has 3 heterocycles. The first kappa shape index (κ1) is 76.0. The Morgan fingerprint density at radius 2 is 0.410 bits per heavy atom. The van der Waals surface area contributed by atoms with Gasteiger partial charge in [0.1, 0.15) is 0 Å². The Bertz CT molecular complexity index is 7910. The molecule has 2 aliphatic heterocycles. The van der Waals surface area contributed by atoms with Crippen LogP contribution in [0.15, 0.2) is 510 Å². The summed E-state index contributed by atoms with van der Waals surface area (Å²) in [6.45, 7) is -0.391. The normalized spacial score (nSPS) is 14.5. The van der Waals surface area contributed by atoms with Crippen molar-refractivity contribution in [1.29, 1.82) is 0 Å². The van der Waals surface area contributed by atoms with Crippen LogP contribution in [-0.2, 0) is 21.7 Å². The van der Waals surface area contributed by atoms with Crippen molar-refractivity contribution < 1.29 is 0 Å². The van der Waals surface area contributed by atoms with Crippen LogP contribution in [0.4, 0.5) is 34.1 Å². The van der Waals surface area contributed by atoms with Crippen LogP contribution >= 0.6 is 0 Å². The van der Waals surface area contributed by atoms with Gasteiger partial charge in [-0.25, -0.2) is 0 Å². The second-order valence-electron chi connectivity index (χ2n) is 37.0. The van der Waals surface area contributed by atoms with E-state index in [0.717, 1.165) is 73.1 Å². The first-order valence-corrected chi connectivity index (χ1v) is 47.0. The highest BCUT2D eigenvalue weighted by atomic mass is 15.2. The topological polar surface area (TPSA) is 11.4 Å². The second-order valence-corrected chi connectivity index (χ2v) is 37.0. The molecule has 0 saturated carbocycles. The minimum Gasteiger partial charge on any atom is -0.311 e. The molecule has 0 amide bonds. The van der Waals surface area contributed by atoms with Crippen molar-refractivity contribution in [2.75, 3.05) is 9.80 Å². The zero-order valence-electron chi connectivity index (χ0n) is 73.4. The Hall–Kier alpha value is -16.9. The number of anilines is 6. The lowest BCUT2D eigenvalue weighted by molar-refractivity contribution is 0.768. The van der Waals surface area contributed by atoms with Gasteiger partial charge in [-0.2, -0.15) is 0 Å². The van der Waals surface area contributed by atoms with E-state index in [1.807, 2.05) is 0 Å². The number of nitrogens with zero attached hydrogens (tertiary/aromatic N) is 3. The van der Waals surface area contributed by atoms with E-state index in [9.17, 15) is 0 Å². The predicted molar refractivity (Wildman–Crippen MR) is 555 cm³/mol. The molecule has 4 heteroatoms. The highest BCUT2D eigenvalue weighted by Crippen LogP contribution is 2.65. The average Bonchev–Trinajstić information content (AvgIpc) is 1.57. The molecule has 0 unspecified atom stereocenters. The van der Waals surface area contributed by atoms with Gasteiger partial charge in [0.05, 0.1) is 49.8 Å². The maximum Gasteiger partial charge on any atom is 0.252 e. The Kier molecular flexibility index (Phi) is 16.6. The van der Waals surface area contributed by atoms with Crippen LogP contribution in [0.5, 0.6) is 0 Å². The van der Waals surface area contributed by atoms with Crippen LogP contribution in [-0.4, -0.2) is 11.3 Å². The number of para-hydroxylation sites is 4. The molecule has 0 saturated heterocycles. The third-order valence-corrected chi connectivity index (χ3v) is 30.9. The van der Waals surface area contributed by atoms with Crippen molar-refractivity contribution in [3.8, 4) is 72.4 Å². The van der Waals surface area contributed by atoms with Crippen molar-refractivity contribution in [3.63, 3.8) is 0 Å². The Labute approximate surface area is 780 Å². The molecule has 28 rings (SSSR count). The van der Waals surface area contributed by atoms with Crippen molar-refractivity contribution in [2.24, 2.45) is 0 Å². The maximum atomic E-state index is 2.75. The Balaban J connectivity index is 0.793. The van der Waals surface area contributed by atoms with Crippen molar-refractivity contribution in [3.05, 3.63) is 599 Å². The summed E-state index contributed by atoms with van der Waals surface area (Å²) in [5.74, 6) is 0. The van der Waals surface area contributed by atoms with Gasteiger partial charge in [-0.15, -0.1) is 0 Å². The van der Waals surface area contributed by atoms with E-state index >= 15 is 0 Å². The number of fused-ring (bicyclic) bond motifs is 19. The van der Waals surface area contributed by atoms with Gasteiger partial charge in [0.15, 0.2) is 0 Å². The predicted octanol–water partition coefficient (Wildman–Crippen LogP) is 29.7. The van der Waals surface area contributed by atoms with Crippen LogP contribution < -0.4 is 26.2 Å². The molecule has 1 aromatic heterocycles. The van der Waals surface area contributed by atoms with Gasteiger partial charge in [0.2, 0.25) is 0 Å². The largest absolute Gasteiger partial charge is 0.311 e. The molecule has 0 bridgehead atoms. The standard InChI is InChI=1S/C130H84BN3/c1-9-41-87(42-10-1)127(88-43-11-2-12-44-88)108-65-33-25-59-98(108)102-75-73-85(77-112(102)127)96-57-29-37-69-118(96)133-122-83-114-106(100-61-27-35-67-110(100)129(114,91-49-17-5-18-50-91)92-51-19-6-20-52-92)81-116(122)131-117-82-107-101-62-28-36-68-111(101)130(93-53-21-7-22-54-93,94-55-23-8-24-56-94)115(107)84-123(117)134(125-80-95(79-124(133)126(125)131)132-120-71-39-31-63-104(120)105-64-32-40-72-121(105)132)119-70-38-30-58-97(119)86-74-76-103-99-60-26-34-66-109(99)128(113(103)78-86,89-45-13-3-14-46-89)90-47-15-4-16-48-90/h1-84H. The Morgan fingerprint density at radius 1 is 0.164 bits per heavy atom. The average molecular weight is 1700 g/mol. The molecular weight excluding hydrogens is 1610 g/mol. The molecular formula is C130H84BN3. The van der Waals surface area contributed by atoms with Crippen LogP contribution in [0.25, 0.3) is 94.3 Å². The van der Waals surface area contributed by atoms with Gasteiger partial charge >= 0.3 is 0 Å². The summed E-state index contributed by atoms with van der Waals surface area (Å²) >= 11 is 0. The molecule has 622 valence electrons. The highest BCUT2D eigenvalue weighted by molar-refractivity contribution is 7.00. The number of aromatic nitrogens is 1. The smallest absolute Gasteiger partial charge is 0.252 e. The van der Waals surface area contributed by atoms with Crippen molar-refractivity contribution in [2.45, 2.75) is 21.7 Å². The lowest BCUT2D eigenvalue weighted by Gasteiger charge is -2.46. The van der Waals surface area contributed by atoms with Gasteiger partial charge in [-0.1, -0.05) is 449 Å². The number of benzene rings is 21. The van der Waals surface area contributed by atoms with E-state index in [1.54, 1.807) is 0 Å². The summed E-state index contributed by atoms with van der Waals surface area (Å²) < 4.78 is 2.58. The molecule has 3 nitrogen and oxygen atoms in total. The number of hydrogen-bond donors (Lipinski definition) is 0. The molecule has 0 spiro atoms. The Morgan fingerprint density at radius 3 is 0.724 bits per heavy atom. The van der Waals surface area contributed by atoms with Crippen LogP contribution in [0.2, 0.25) is 0 Å². The van der Waals surface area contributed by atoms with E-state index < -0.39 is 28.4 Å². The lowest BCUT2D eigenvalue weighted by Crippen LogP contribution is -2.61. The summed E-state index contributed by atoms with van der Waals surface area (Å²) in [6, 6.07) is 196. The fraction of sp³-hybridized carbons (Fsp3) is 0.0308. The van der Waals surface area contributed by atoms with E-state index in [1.165, 1.54) is 161 Å². The molecule has 21 aromatic carbocycles. The zero-order valence-corrected chi connectivity index (χ0v) is 73.4. The van der Waals surface area contributed by atoms with Gasteiger partial charge in [-0.05, 0) is 222 Å². The molecule has 0 radical (unpaired) electrons. The van der Waals surface area contributed by atoms with Crippen molar-refractivity contribution >= 4 is 79.0 Å². The van der Waals surface area contributed by atoms with E-state index in [4.69, 9.17) is 0 Å². The monoisotopic (exact) mass is 1700 g/mol. The summed E-state index contributed by atoms with van der Waals surface area (Å²) in [5.41, 5.74) is 44.7. The molecule has 6 aliphatic rings. The first-order valence-electron chi connectivity index (χ1n) is 47.0. The van der Waals surface area contributed by atoms with Gasteiger partial charge in [0, 0.05) is 44.6 Å². The van der Waals surface area contributed by atoms with Crippen LogP contribution in [0.3, 0.4) is 0 Å². The SMILES string of the molecule is c1ccc(C2(c3ccccc3)c3ccccc3-c3ccc(-c4ccccc4N4c5cc6c(cc5B5c7cc8c(cc7N(c7ccccc7-c7ccc9c(c7)C(c7ccccc7)(c7ccccc7)c7ccccc7-9)c7cc(-n9c%10ccccc%10c%10ccccc%109)cc4c75)C(c4ccccc4)(c4ccccc4)c4ccccc4-8)-c4ccccc4C6(c4ccccc4)c4ccccc4)cc32)cc1. The third-order valence-electron chi connectivity index (χ3n) is 30.9. The molecule has 4 aliphatic carbocycles. The minimum absolute atomic E-state index is 0.391. The van der Waals surface area contributed by atoms with Crippen LogP contribution in [0.1, 0.15) is 89.0 Å². The molecule has 0 N–H and O–H groups in total. The van der Waals surface area contributed by atoms with E-state index in [2.05, 4.69) is 524 Å². The number of rotatable bonds is 13. The minimum atomic E-state index is -0.770. The van der Waals surface area contributed by atoms with Crippen molar-refractivity contribution in [1.82, 2.24) is 4.57 Å². The zero-order chi connectivity index (χ0) is 88.0. The fourth-order valence-electron chi connectivity index (χ4n) is 25.7. The third kappa shape index (κ3) is 10.3. The molecule has 134 heavy (non-hydrogen) atoms. The summed E-state index contributed by atoms with van der Waals surface area (Å²) in [7, 11) is 0. The maximum absolute atomic E-state index is 2.75. The molecule has 0 atom stereocenters. The van der Waals surface area contributed by atoms with Gasteiger partial charge in [0.25, 0.3) is 6.71 Å². The lowest BCUT2D eigenvalue weighted by atomic mass is 9.33. The van der Waals surface area contributed by atoms with E-state index in [0.29, 0.717) is 0 Å². The first-order chi connectivity index (χ1) is 66.5. The summed E-state index contributed by atoms with van der Waals surface area (Å²) in [6.07, 6.45) is 0. The summed E-state index contributed by atoms with van der Waals surface area (Å²) in [5, 5.41) is 2.38. The highest BCUT2D eigenvalue weighted by Gasteiger charge is 2.55. The van der Waals surface area contributed by atoms with Crippen LogP contribution in [0, 0.1) is 0 Å². The fourth-order valence-corrected chi connectivity index (χ4v) is 25.7.